The molecule has 16 heteroatoms. The van der Waals surface area contributed by atoms with Crippen LogP contribution in [0.2, 0.25) is 0 Å². The number of esters is 1. The van der Waals surface area contributed by atoms with E-state index in [0.29, 0.717) is 68.6 Å². The van der Waals surface area contributed by atoms with E-state index < -0.39 is 35.5 Å². The number of amides is 2. The van der Waals surface area contributed by atoms with Gasteiger partial charge in [-0.15, -0.1) is 0 Å². The maximum absolute atomic E-state index is 14.3. The minimum atomic E-state index is -0.655. The van der Waals surface area contributed by atoms with Crippen molar-refractivity contribution in [3.05, 3.63) is 134 Å². The quantitative estimate of drug-likeness (QED) is 0.0933. The summed E-state index contributed by atoms with van der Waals surface area (Å²) < 4.78 is 19.6. The van der Waals surface area contributed by atoms with Crippen LogP contribution in [-0.4, -0.2) is 68.7 Å². The molecule has 2 N–H and O–H groups in total. The van der Waals surface area contributed by atoms with Crippen LogP contribution >= 0.6 is 15.9 Å². The molecule has 0 unspecified atom stereocenters. The molecule has 1 fully saturated rings. The van der Waals surface area contributed by atoms with Crippen molar-refractivity contribution in [2.24, 2.45) is 5.92 Å². The molecule has 6 aromatic rings. The molecule has 2 aromatic heterocycles. The summed E-state index contributed by atoms with van der Waals surface area (Å²) in [5, 5.41) is 6.80. The van der Waals surface area contributed by atoms with Crippen LogP contribution in [0, 0.1) is 5.92 Å². The first kappa shape index (κ1) is 50.9. The zero-order chi connectivity index (χ0) is 49.3. The summed E-state index contributed by atoms with van der Waals surface area (Å²) in [4.78, 5) is 76.5. The largest absolute Gasteiger partial charge is 0.469 e. The van der Waals surface area contributed by atoms with Crippen molar-refractivity contribution < 1.29 is 28.6 Å². The van der Waals surface area contributed by atoms with Gasteiger partial charge in [0.25, 0.3) is 11.1 Å². The molecule has 1 saturated heterocycles. The Kier molecular flexibility index (Phi) is 16.5. The molecule has 360 valence electrons. The van der Waals surface area contributed by atoms with E-state index in [1.165, 1.54) is 7.11 Å². The average Bonchev–Trinajstić information content (AvgIpc) is 3.29. The predicted octanol–water partition coefficient (Wildman–Crippen LogP) is 10.3. The van der Waals surface area contributed by atoms with Gasteiger partial charge in [-0.3, -0.25) is 23.5 Å². The lowest BCUT2D eigenvalue weighted by Gasteiger charge is -2.34. The van der Waals surface area contributed by atoms with Gasteiger partial charge in [0.15, 0.2) is 0 Å². The van der Waals surface area contributed by atoms with Crippen molar-refractivity contribution in [1.29, 1.82) is 0 Å². The first-order valence-electron chi connectivity index (χ1n) is 23.0. The number of piperidine rings is 1. The van der Waals surface area contributed by atoms with Gasteiger partial charge in [-0.2, -0.15) is 0 Å². The molecular formula is C52H62BrN7O8. The number of hydrogen-bond acceptors (Lipinski definition) is 11. The lowest BCUT2D eigenvalue weighted by atomic mass is 9.93. The van der Waals surface area contributed by atoms with Crippen molar-refractivity contribution in [2.75, 3.05) is 25.1 Å². The third-order valence-electron chi connectivity index (χ3n) is 11.3. The van der Waals surface area contributed by atoms with Gasteiger partial charge >= 0.3 is 18.2 Å². The van der Waals surface area contributed by atoms with Gasteiger partial charge in [0.2, 0.25) is 0 Å². The minimum absolute atomic E-state index is 0.188. The molecule has 68 heavy (non-hydrogen) atoms. The molecule has 0 saturated carbocycles. The molecule has 0 bridgehead atoms. The van der Waals surface area contributed by atoms with Crippen molar-refractivity contribution in [3.8, 4) is 11.4 Å². The molecule has 0 radical (unpaired) electrons. The minimum Gasteiger partial charge on any atom is -0.469 e. The highest BCUT2D eigenvalue weighted by Crippen LogP contribution is 2.31. The summed E-state index contributed by atoms with van der Waals surface area (Å²) in [5.74, 6) is 0.978. The van der Waals surface area contributed by atoms with E-state index in [4.69, 9.17) is 24.2 Å². The number of rotatable bonds is 11. The summed E-state index contributed by atoms with van der Waals surface area (Å²) in [5.41, 5.74) is 1.64. The number of ether oxygens (including phenoxy) is 3. The van der Waals surface area contributed by atoms with Crippen LogP contribution in [0.5, 0.6) is 0 Å². The van der Waals surface area contributed by atoms with Crippen molar-refractivity contribution in [3.63, 3.8) is 0 Å². The van der Waals surface area contributed by atoms with Gasteiger partial charge in [0, 0.05) is 24.0 Å². The van der Waals surface area contributed by atoms with Gasteiger partial charge in [-0.25, -0.2) is 19.6 Å². The highest BCUT2D eigenvalue weighted by Gasteiger charge is 2.29. The van der Waals surface area contributed by atoms with Crippen molar-refractivity contribution in [2.45, 2.75) is 111 Å². The normalized spacial score (nSPS) is 14.1. The van der Waals surface area contributed by atoms with Crippen LogP contribution in [0.25, 0.3) is 33.2 Å². The van der Waals surface area contributed by atoms with Crippen molar-refractivity contribution >= 4 is 61.6 Å². The van der Waals surface area contributed by atoms with E-state index in [1.54, 1.807) is 36.0 Å². The number of aromatic nitrogens is 4. The highest BCUT2D eigenvalue weighted by molar-refractivity contribution is 9.10. The fourth-order valence-corrected chi connectivity index (χ4v) is 8.64. The number of alkyl carbamates (subject to hydrolysis) is 2. The third-order valence-corrected chi connectivity index (χ3v) is 11.9. The number of benzene rings is 4. The number of nitrogens with one attached hydrogen (secondary N) is 2. The van der Waals surface area contributed by atoms with Gasteiger partial charge in [-0.1, -0.05) is 62.4 Å². The second-order valence-corrected chi connectivity index (χ2v) is 19.5. The lowest BCUT2D eigenvalue weighted by Crippen LogP contribution is -2.38. The number of carbonyl (C=O) groups is 3. The summed E-state index contributed by atoms with van der Waals surface area (Å²) >= 11 is 3.46. The smallest absolute Gasteiger partial charge is 0.408 e. The lowest BCUT2D eigenvalue weighted by molar-refractivity contribution is -0.141. The van der Waals surface area contributed by atoms with Gasteiger partial charge in [0.1, 0.15) is 22.9 Å². The Labute approximate surface area is 405 Å². The number of nitrogens with zero attached hydrogens (tertiary/aromatic N) is 5. The molecule has 7 rings (SSSR count). The second kappa shape index (κ2) is 22.0. The predicted molar refractivity (Wildman–Crippen MR) is 269 cm³/mol. The summed E-state index contributed by atoms with van der Waals surface area (Å²) in [6.45, 7) is 16.1. The van der Waals surface area contributed by atoms with E-state index in [1.807, 2.05) is 126 Å². The Morgan fingerprint density at radius 2 is 1.10 bits per heavy atom. The van der Waals surface area contributed by atoms with Crippen LogP contribution in [0.15, 0.2) is 111 Å². The zero-order valence-electron chi connectivity index (χ0n) is 40.3. The van der Waals surface area contributed by atoms with Gasteiger partial charge in [-0.05, 0) is 138 Å². The number of methoxy groups -OCH3 is 1. The molecule has 2 amide bonds. The Hall–Kier alpha value is -6.55. The molecule has 3 heterocycles. The summed E-state index contributed by atoms with van der Waals surface area (Å²) in [6.07, 6.45) is 2.02. The molecule has 0 spiro atoms. The topological polar surface area (TPSA) is 176 Å². The molecule has 4 aromatic carbocycles. The van der Waals surface area contributed by atoms with Gasteiger partial charge < -0.3 is 29.7 Å². The van der Waals surface area contributed by atoms with Gasteiger partial charge in [0.05, 0.1) is 58.1 Å². The Morgan fingerprint density at radius 3 is 1.54 bits per heavy atom. The maximum atomic E-state index is 14.3. The first-order valence-corrected chi connectivity index (χ1v) is 23.8. The maximum Gasteiger partial charge on any atom is 0.408 e. The monoisotopic (exact) mass is 991 g/mol. The second-order valence-electron chi connectivity index (χ2n) is 18.6. The average molecular weight is 993 g/mol. The third kappa shape index (κ3) is 12.5. The zero-order valence-corrected chi connectivity index (χ0v) is 41.9. The number of carbonyl (C=O) groups excluding carboxylic acids is 3. The van der Waals surface area contributed by atoms with E-state index in [0.717, 1.165) is 31.6 Å². The Balaban J connectivity index is 0.000000234. The van der Waals surface area contributed by atoms with E-state index >= 15 is 0 Å². The summed E-state index contributed by atoms with van der Waals surface area (Å²) in [6, 6.07) is 28.7. The Morgan fingerprint density at radius 1 is 0.662 bits per heavy atom. The molecule has 0 aliphatic carbocycles. The molecule has 15 nitrogen and oxygen atoms in total. The number of hydrogen-bond donors (Lipinski definition) is 2. The van der Waals surface area contributed by atoms with E-state index in [9.17, 15) is 24.0 Å². The van der Waals surface area contributed by atoms with E-state index in [-0.39, 0.29) is 23.0 Å². The summed E-state index contributed by atoms with van der Waals surface area (Å²) in [7, 11) is 1.42. The molecule has 2 atom stereocenters. The SMILES string of the molecule is CC[C@H](NC(=O)OC(C)(C)C)c1nc2cccc(Br)c2c(=O)n1-c1ccccc1.CC[C@H](NC(=O)OC(C)(C)C)c1nc2cccc(N3CCC(CC(=O)OC)CC3)c2c(=O)n1-c1ccccc1. The number of halogens is 1. The van der Waals surface area contributed by atoms with E-state index in [2.05, 4.69) is 31.5 Å². The van der Waals surface area contributed by atoms with Crippen LogP contribution in [0.4, 0.5) is 15.3 Å². The van der Waals surface area contributed by atoms with Crippen LogP contribution in [0.1, 0.15) is 111 Å². The fraction of sp³-hybridized carbons (Fsp3) is 0.404. The Bertz CT molecular complexity index is 2850. The number of fused-ring (bicyclic) bond motifs is 2. The number of anilines is 1. The number of para-hydroxylation sites is 2. The van der Waals surface area contributed by atoms with Crippen LogP contribution in [0.3, 0.4) is 0 Å². The fourth-order valence-electron chi connectivity index (χ4n) is 8.12. The first-order chi connectivity index (χ1) is 32.3. The van der Waals surface area contributed by atoms with Crippen molar-refractivity contribution in [1.82, 2.24) is 29.7 Å². The molecule has 1 aliphatic rings. The molecule has 1 aliphatic heterocycles. The highest BCUT2D eigenvalue weighted by atomic mass is 79.9. The molecular weight excluding hydrogens is 931 g/mol. The van der Waals surface area contributed by atoms with Crippen LogP contribution in [-0.2, 0) is 19.0 Å². The standard InChI is InChI=1S/C30H38N4O5.C22H24BrN3O3/c1-6-22(32-29(37)39-30(2,3)4)27-31-23-13-10-14-24(33-17-15-20(16-18-33)19-25(35)38-5)26(23)28(36)34(27)21-11-8-7-9-12-21;1-5-16(25-21(28)29-22(2,3)4)19-24-17-13-9-12-15(23)18(17)20(27)26(19)14-10-7-6-8-11-14/h7-14,20,22H,6,15-19H2,1-5H3,(H,32,37);6-13,16H,5H2,1-4H3,(H,25,28)/t22-;16-/m00/s1. The van der Waals surface area contributed by atoms with Crippen LogP contribution < -0.4 is 26.7 Å².